The molecule has 0 aliphatic carbocycles. The Morgan fingerprint density at radius 1 is 1.50 bits per heavy atom. The van der Waals surface area contributed by atoms with Gasteiger partial charge in [0.2, 0.25) is 11.7 Å². The largest absolute Gasteiger partial charge is 0.456 e. The summed E-state index contributed by atoms with van der Waals surface area (Å²) in [6, 6.07) is 2.90. The van der Waals surface area contributed by atoms with Crippen molar-refractivity contribution in [3.05, 3.63) is 20.8 Å². The Labute approximate surface area is 144 Å². The average Bonchev–Trinajstić information content (AvgIpc) is 3.13. The quantitative estimate of drug-likeness (QED) is 0.571. The second-order valence-electron chi connectivity index (χ2n) is 5.40. The smallest absolute Gasteiger partial charge is 0.330 e. The second kappa shape index (κ2) is 5.98. The molecular weight excluding hydrogens is 390 g/mol. The van der Waals surface area contributed by atoms with E-state index in [-0.39, 0.29) is 23.2 Å². The van der Waals surface area contributed by atoms with E-state index in [9.17, 15) is 14.4 Å². The lowest BCUT2D eigenvalue weighted by atomic mass is 10.2. The summed E-state index contributed by atoms with van der Waals surface area (Å²) >= 11 is 6.20. The number of thiophene rings is 1. The van der Waals surface area contributed by atoms with Crippen LogP contribution in [-0.2, 0) is 14.3 Å². The highest BCUT2D eigenvalue weighted by Gasteiger charge is 2.53. The summed E-state index contributed by atoms with van der Waals surface area (Å²) in [6.45, 7) is 1.69. The third-order valence-corrected chi connectivity index (χ3v) is 7.08. The van der Waals surface area contributed by atoms with Crippen molar-refractivity contribution in [2.75, 3.05) is 12.4 Å². The Kier molecular flexibility index (Phi) is 4.35. The molecule has 5 nitrogen and oxygen atoms in total. The highest BCUT2D eigenvalue weighted by Crippen LogP contribution is 2.47. The number of halogens is 1. The van der Waals surface area contributed by atoms with Gasteiger partial charge in [-0.05, 0) is 41.4 Å². The van der Waals surface area contributed by atoms with Gasteiger partial charge in [-0.2, -0.15) is 0 Å². The molecule has 22 heavy (non-hydrogen) atoms. The number of ether oxygens (including phenoxy) is 1. The van der Waals surface area contributed by atoms with E-state index in [1.54, 1.807) is 28.8 Å². The van der Waals surface area contributed by atoms with Crippen LogP contribution in [0.2, 0.25) is 0 Å². The van der Waals surface area contributed by atoms with Crippen molar-refractivity contribution in [3.63, 3.8) is 0 Å². The topological polar surface area (TPSA) is 63.7 Å². The van der Waals surface area contributed by atoms with Crippen LogP contribution in [0.15, 0.2) is 15.9 Å². The number of nitrogens with zero attached hydrogens (tertiary/aromatic N) is 1. The summed E-state index contributed by atoms with van der Waals surface area (Å²) in [4.78, 5) is 38.0. The molecule has 2 fully saturated rings. The molecule has 2 saturated heterocycles. The molecule has 118 valence electrons. The van der Waals surface area contributed by atoms with Gasteiger partial charge in [0.15, 0.2) is 6.61 Å². The summed E-state index contributed by atoms with van der Waals surface area (Å²) in [7, 11) is 0. The zero-order valence-electron chi connectivity index (χ0n) is 11.8. The van der Waals surface area contributed by atoms with E-state index in [1.165, 1.54) is 11.3 Å². The normalized spacial score (nSPS) is 27.1. The number of rotatable bonds is 4. The Morgan fingerprint density at radius 2 is 2.27 bits per heavy atom. The van der Waals surface area contributed by atoms with E-state index < -0.39 is 12.0 Å². The molecule has 3 heterocycles. The summed E-state index contributed by atoms with van der Waals surface area (Å²) < 4.78 is 6.00. The molecule has 3 rings (SSSR count). The lowest BCUT2D eigenvalue weighted by Gasteiger charge is -2.29. The zero-order valence-corrected chi connectivity index (χ0v) is 15.1. The number of thioether (sulfide) groups is 1. The van der Waals surface area contributed by atoms with Crippen molar-refractivity contribution in [1.82, 2.24) is 4.90 Å². The average molecular weight is 404 g/mol. The molecule has 2 aliphatic heterocycles. The Bertz CT molecular complexity index is 647. The Morgan fingerprint density at radius 3 is 2.95 bits per heavy atom. The van der Waals surface area contributed by atoms with Crippen LogP contribution < -0.4 is 0 Å². The predicted molar refractivity (Wildman–Crippen MR) is 88.0 cm³/mol. The van der Waals surface area contributed by atoms with Crippen LogP contribution in [0.4, 0.5) is 0 Å². The molecule has 0 saturated carbocycles. The molecule has 2 atom stereocenters. The van der Waals surface area contributed by atoms with Gasteiger partial charge in [0.25, 0.3) is 0 Å². The van der Waals surface area contributed by atoms with Gasteiger partial charge in [-0.1, -0.05) is 0 Å². The minimum absolute atomic E-state index is 0.0111. The first-order valence-electron chi connectivity index (χ1n) is 6.82. The van der Waals surface area contributed by atoms with Crippen molar-refractivity contribution in [2.45, 2.75) is 30.7 Å². The zero-order chi connectivity index (χ0) is 15.9. The van der Waals surface area contributed by atoms with Crippen molar-refractivity contribution in [1.29, 1.82) is 0 Å². The fourth-order valence-corrected chi connectivity index (χ4v) is 5.49. The Hall–Kier alpha value is -0.860. The molecular formula is C14H14BrNO4S2. The van der Waals surface area contributed by atoms with Crippen LogP contribution in [0.25, 0.3) is 0 Å². The van der Waals surface area contributed by atoms with Gasteiger partial charge in [0.05, 0.1) is 13.5 Å². The van der Waals surface area contributed by atoms with E-state index in [0.29, 0.717) is 17.1 Å². The van der Waals surface area contributed by atoms with E-state index in [4.69, 9.17) is 4.74 Å². The fraction of sp³-hybridized carbons (Fsp3) is 0.500. The molecule has 0 radical (unpaired) electrons. The maximum absolute atomic E-state index is 12.2. The number of carbonyl (C=O) groups excluding carboxylic acids is 3. The SMILES string of the molecule is C[C@]12CCC(=O)N1[C@H](C(=O)OCC(=O)c1ccc(Br)s1)CS2. The number of amides is 1. The van der Waals surface area contributed by atoms with Gasteiger partial charge < -0.3 is 9.64 Å². The predicted octanol–water partition coefficient (Wildman–Crippen LogP) is 2.69. The van der Waals surface area contributed by atoms with Gasteiger partial charge in [-0.3, -0.25) is 9.59 Å². The fourth-order valence-electron chi connectivity index (χ4n) is 2.76. The summed E-state index contributed by atoms with van der Waals surface area (Å²) in [5.74, 6) is -0.205. The van der Waals surface area contributed by atoms with E-state index >= 15 is 0 Å². The van der Waals surface area contributed by atoms with Gasteiger partial charge in [-0.15, -0.1) is 23.1 Å². The van der Waals surface area contributed by atoms with Gasteiger partial charge in [0.1, 0.15) is 6.04 Å². The van der Waals surface area contributed by atoms with Crippen LogP contribution >= 0.6 is 39.0 Å². The lowest BCUT2D eigenvalue weighted by molar-refractivity contribution is -0.152. The molecule has 1 amide bonds. The molecule has 0 N–H and O–H groups in total. The van der Waals surface area contributed by atoms with Crippen molar-refractivity contribution in [3.8, 4) is 0 Å². The first-order chi connectivity index (χ1) is 10.4. The monoisotopic (exact) mass is 403 g/mol. The number of esters is 1. The number of carbonyl (C=O) groups is 3. The van der Waals surface area contributed by atoms with Crippen molar-refractivity contribution >= 4 is 56.7 Å². The number of hydrogen-bond donors (Lipinski definition) is 0. The second-order valence-corrected chi connectivity index (χ2v) is 9.36. The summed E-state index contributed by atoms with van der Waals surface area (Å²) in [5.41, 5.74) is 0. The standard InChI is InChI=1S/C14H14BrNO4S2/c1-14-5-4-12(18)16(14)8(7-21-14)13(19)20-6-9(17)10-2-3-11(15)22-10/h2-3,8H,4-7H2,1H3/t8-,14-/m0/s1. The van der Waals surface area contributed by atoms with Crippen LogP contribution in [0.1, 0.15) is 29.4 Å². The molecule has 1 aromatic heterocycles. The third-order valence-electron chi connectivity index (χ3n) is 3.91. The number of fused-ring (bicyclic) bond motifs is 1. The van der Waals surface area contributed by atoms with Crippen LogP contribution in [0.3, 0.4) is 0 Å². The number of ketones is 1. The molecule has 0 spiro atoms. The van der Waals surface area contributed by atoms with Crippen LogP contribution in [-0.4, -0.2) is 45.8 Å². The van der Waals surface area contributed by atoms with E-state index in [2.05, 4.69) is 15.9 Å². The lowest BCUT2D eigenvalue weighted by Crippen LogP contribution is -2.46. The molecule has 1 aromatic rings. The Balaban J connectivity index is 1.61. The van der Waals surface area contributed by atoms with Crippen molar-refractivity contribution < 1.29 is 19.1 Å². The van der Waals surface area contributed by atoms with Gasteiger partial charge in [0, 0.05) is 12.2 Å². The minimum Gasteiger partial charge on any atom is -0.456 e. The third kappa shape index (κ3) is 2.83. The van der Waals surface area contributed by atoms with Crippen molar-refractivity contribution in [2.24, 2.45) is 0 Å². The maximum Gasteiger partial charge on any atom is 0.330 e. The maximum atomic E-state index is 12.2. The molecule has 8 heteroatoms. The summed E-state index contributed by atoms with van der Waals surface area (Å²) in [5, 5.41) is 0. The minimum atomic E-state index is -0.576. The molecule has 0 unspecified atom stereocenters. The highest BCUT2D eigenvalue weighted by atomic mass is 79.9. The first-order valence-corrected chi connectivity index (χ1v) is 9.41. The summed E-state index contributed by atoms with van der Waals surface area (Å²) in [6.07, 6.45) is 1.22. The first kappa shape index (κ1) is 16.0. The van der Waals surface area contributed by atoms with E-state index in [1.807, 2.05) is 6.92 Å². The van der Waals surface area contributed by atoms with Gasteiger partial charge >= 0.3 is 5.97 Å². The van der Waals surface area contributed by atoms with Gasteiger partial charge in [-0.25, -0.2) is 4.79 Å². The molecule has 0 bridgehead atoms. The van der Waals surface area contributed by atoms with Crippen LogP contribution in [0, 0.1) is 0 Å². The molecule has 0 aromatic carbocycles. The molecule has 2 aliphatic rings. The number of Topliss-reactive ketones (excluding diaryl/α,β-unsaturated/α-hetero) is 1. The highest BCUT2D eigenvalue weighted by molar-refractivity contribution is 9.11. The number of hydrogen-bond acceptors (Lipinski definition) is 6. The van der Waals surface area contributed by atoms with E-state index in [0.717, 1.165) is 10.2 Å². The van der Waals surface area contributed by atoms with Crippen LogP contribution in [0.5, 0.6) is 0 Å².